The molecule has 3 heterocycles. The van der Waals surface area contributed by atoms with Crippen molar-refractivity contribution in [2.75, 3.05) is 13.1 Å². The van der Waals surface area contributed by atoms with Crippen LogP contribution in [-0.4, -0.2) is 23.2 Å². The topological polar surface area (TPSA) is 15.6 Å². The molecule has 0 radical (unpaired) electrons. The molecule has 19 heavy (non-hydrogen) atoms. The van der Waals surface area contributed by atoms with Crippen molar-refractivity contribution in [1.82, 2.24) is 4.90 Å². The SMILES string of the molecule is CC1=C(c2cc3cccc(C)c3s2)N2CCN=C2S1. The van der Waals surface area contributed by atoms with Gasteiger partial charge in [-0.1, -0.05) is 30.0 Å². The summed E-state index contributed by atoms with van der Waals surface area (Å²) in [5.41, 5.74) is 2.75. The number of hydrogen-bond acceptors (Lipinski definition) is 4. The highest BCUT2D eigenvalue weighted by Gasteiger charge is 2.31. The maximum Gasteiger partial charge on any atom is 0.168 e. The molecule has 4 rings (SSSR count). The van der Waals surface area contributed by atoms with Crippen molar-refractivity contribution >= 4 is 44.0 Å². The third-order valence-electron chi connectivity index (χ3n) is 3.62. The average Bonchev–Trinajstić information content (AvgIpc) is 3.02. The summed E-state index contributed by atoms with van der Waals surface area (Å²) in [6.45, 7) is 6.36. The van der Waals surface area contributed by atoms with Crippen LogP contribution in [0.4, 0.5) is 0 Å². The minimum absolute atomic E-state index is 0.934. The van der Waals surface area contributed by atoms with Crippen LogP contribution in [-0.2, 0) is 0 Å². The minimum atomic E-state index is 0.934. The second-order valence-corrected chi connectivity index (χ2v) is 7.16. The van der Waals surface area contributed by atoms with E-state index in [1.165, 1.54) is 36.3 Å². The molecule has 0 saturated heterocycles. The Morgan fingerprint density at radius 3 is 3.00 bits per heavy atom. The third-order valence-corrected chi connectivity index (χ3v) is 5.95. The number of thiophene rings is 1. The van der Waals surface area contributed by atoms with Crippen LogP contribution in [0, 0.1) is 6.92 Å². The molecule has 2 aliphatic heterocycles. The van der Waals surface area contributed by atoms with Crippen LogP contribution in [0.2, 0.25) is 0 Å². The van der Waals surface area contributed by atoms with Crippen molar-refractivity contribution < 1.29 is 0 Å². The van der Waals surface area contributed by atoms with Gasteiger partial charge in [0, 0.05) is 16.1 Å². The number of allylic oxidation sites excluding steroid dienone is 1. The summed E-state index contributed by atoms with van der Waals surface area (Å²) in [6, 6.07) is 8.87. The lowest BCUT2D eigenvalue weighted by atomic mass is 10.2. The molecule has 1 aromatic carbocycles. The lowest BCUT2D eigenvalue weighted by Gasteiger charge is -2.15. The van der Waals surface area contributed by atoms with E-state index in [4.69, 9.17) is 0 Å². The van der Waals surface area contributed by atoms with Crippen LogP contribution in [0.15, 0.2) is 34.2 Å². The Balaban J connectivity index is 1.89. The maximum absolute atomic E-state index is 4.56. The van der Waals surface area contributed by atoms with E-state index in [-0.39, 0.29) is 0 Å². The zero-order chi connectivity index (χ0) is 13.0. The summed E-state index contributed by atoms with van der Waals surface area (Å²) in [7, 11) is 0. The second-order valence-electron chi connectivity index (χ2n) is 4.93. The first-order valence-electron chi connectivity index (χ1n) is 6.44. The van der Waals surface area contributed by atoms with Crippen molar-refractivity contribution in [3.05, 3.63) is 39.6 Å². The van der Waals surface area contributed by atoms with Crippen molar-refractivity contribution in [2.45, 2.75) is 13.8 Å². The van der Waals surface area contributed by atoms with Crippen molar-refractivity contribution in [2.24, 2.45) is 4.99 Å². The molecule has 96 valence electrons. The highest BCUT2D eigenvalue weighted by molar-refractivity contribution is 8.17. The Bertz CT molecular complexity index is 740. The normalized spacial score (nSPS) is 18.4. The van der Waals surface area contributed by atoms with Crippen molar-refractivity contribution in [3.8, 4) is 0 Å². The number of aryl methyl sites for hydroxylation is 1. The molecule has 0 bridgehead atoms. The molecule has 4 heteroatoms. The van der Waals surface area contributed by atoms with Gasteiger partial charge in [-0.3, -0.25) is 4.99 Å². The van der Waals surface area contributed by atoms with E-state index in [2.05, 4.69) is 48.0 Å². The molecule has 0 fully saturated rings. The average molecular weight is 286 g/mol. The van der Waals surface area contributed by atoms with Gasteiger partial charge >= 0.3 is 0 Å². The Kier molecular flexibility index (Phi) is 2.50. The summed E-state index contributed by atoms with van der Waals surface area (Å²) < 4.78 is 1.41. The number of thioether (sulfide) groups is 1. The molecule has 0 spiro atoms. The fourth-order valence-corrected chi connectivity index (χ4v) is 5.07. The van der Waals surface area contributed by atoms with Gasteiger partial charge in [-0.15, -0.1) is 11.3 Å². The number of fused-ring (bicyclic) bond motifs is 2. The quantitative estimate of drug-likeness (QED) is 0.776. The van der Waals surface area contributed by atoms with Gasteiger partial charge in [0.05, 0.1) is 17.1 Å². The molecule has 0 amide bonds. The monoisotopic (exact) mass is 286 g/mol. The highest BCUT2D eigenvalue weighted by Crippen LogP contribution is 2.44. The van der Waals surface area contributed by atoms with Crippen molar-refractivity contribution in [3.63, 3.8) is 0 Å². The summed E-state index contributed by atoms with van der Waals surface area (Å²) in [4.78, 5) is 9.69. The zero-order valence-corrected chi connectivity index (χ0v) is 12.6. The summed E-state index contributed by atoms with van der Waals surface area (Å²) >= 11 is 3.72. The summed E-state index contributed by atoms with van der Waals surface area (Å²) in [6.07, 6.45) is 0. The van der Waals surface area contributed by atoms with Gasteiger partial charge < -0.3 is 4.90 Å². The van der Waals surface area contributed by atoms with Crippen LogP contribution < -0.4 is 0 Å². The van der Waals surface area contributed by atoms with Gasteiger partial charge in [-0.25, -0.2) is 0 Å². The van der Waals surface area contributed by atoms with E-state index >= 15 is 0 Å². The molecule has 2 aliphatic rings. The third kappa shape index (κ3) is 1.66. The van der Waals surface area contributed by atoms with Crippen molar-refractivity contribution in [1.29, 1.82) is 0 Å². The first-order chi connectivity index (χ1) is 9.24. The molecule has 2 nitrogen and oxygen atoms in total. The Morgan fingerprint density at radius 2 is 2.16 bits per heavy atom. The molecule has 0 N–H and O–H groups in total. The van der Waals surface area contributed by atoms with Crippen LogP contribution in [0.3, 0.4) is 0 Å². The van der Waals surface area contributed by atoms with Gasteiger partial charge in [-0.05, 0) is 30.9 Å². The van der Waals surface area contributed by atoms with Gasteiger partial charge in [0.25, 0.3) is 0 Å². The number of nitrogens with zero attached hydrogens (tertiary/aromatic N) is 2. The highest BCUT2D eigenvalue weighted by atomic mass is 32.2. The minimum Gasteiger partial charge on any atom is -0.317 e. The summed E-state index contributed by atoms with van der Waals surface area (Å²) in [5, 5.41) is 2.54. The second kappa shape index (κ2) is 4.12. The predicted molar refractivity (Wildman–Crippen MR) is 85.8 cm³/mol. The number of amidine groups is 1. The van der Waals surface area contributed by atoms with E-state index in [0.717, 1.165) is 13.1 Å². The molecular formula is C15H14N2S2. The number of benzene rings is 1. The number of hydrogen-bond donors (Lipinski definition) is 0. The van der Waals surface area contributed by atoms with Gasteiger partial charge in [-0.2, -0.15) is 0 Å². The molecule has 0 atom stereocenters. The smallest absolute Gasteiger partial charge is 0.168 e. The van der Waals surface area contributed by atoms with E-state index in [1.807, 2.05) is 23.1 Å². The van der Waals surface area contributed by atoms with E-state index in [1.54, 1.807) is 0 Å². The molecule has 0 unspecified atom stereocenters. The van der Waals surface area contributed by atoms with Crippen LogP contribution in [0.1, 0.15) is 17.4 Å². The standard InChI is InChI=1S/C15H14N2S2/c1-9-4-3-5-11-8-12(19-14(9)11)13-10(2)18-15-16-6-7-17(13)15/h3-5,8H,6-7H2,1-2H3. The molecule has 0 saturated carbocycles. The molecule has 2 aromatic rings. The van der Waals surface area contributed by atoms with Gasteiger partial charge in [0.2, 0.25) is 0 Å². The largest absolute Gasteiger partial charge is 0.317 e. The molecule has 0 aliphatic carbocycles. The first-order valence-corrected chi connectivity index (χ1v) is 8.07. The number of aliphatic imine (C=N–C) groups is 1. The lowest BCUT2D eigenvalue weighted by molar-refractivity contribution is 0.649. The first kappa shape index (κ1) is 11.6. The van der Waals surface area contributed by atoms with E-state index < -0.39 is 0 Å². The Labute approximate surface area is 120 Å². The zero-order valence-electron chi connectivity index (χ0n) is 10.9. The maximum atomic E-state index is 4.56. The lowest BCUT2D eigenvalue weighted by Crippen LogP contribution is -2.19. The fraction of sp³-hybridized carbons (Fsp3) is 0.267. The van der Waals surface area contributed by atoms with E-state index in [9.17, 15) is 0 Å². The van der Waals surface area contributed by atoms with E-state index in [0.29, 0.717) is 0 Å². The fourth-order valence-electron chi connectivity index (χ4n) is 2.73. The van der Waals surface area contributed by atoms with Gasteiger partial charge in [0.1, 0.15) is 0 Å². The van der Waals surface area contributed by atoms with Gasteiger partial charge in [0.15, 0.2) is 5.17 Å². The Hall–Kier alpha value is -1.26. The predicted octanol–water partition coefficient (Wildman–Crippen LogP) is 4.32. The molecular weight excluding hydrogens is 272 g/mol. The summed E-state index contributed by atoms with van der Waals surface area (Å²) in [5.74, 6) is 0. The van der Waals surface area contributed by atoms with Crippen LogP contribution in [0.5, 0.6) is 0 Å². The van der Waals surface area contributed by atoms with Crippen LogP contribution in [0.25, 0.3) is 15.8 Å². The number of rotatable bonds is 1. The Morgan fingerprint density at radius 1 is 1.26 bits per heavy atom. The molecule has 1 aromatic heterocycles. The van der Waals surface area contributed by atoms with Crippen LogP contribution >= 0.6 is 23.1 Å².